The Morgan fingerprint density at radius 1 is 1.12 bits per heavy atom. The highest BCUT2D eigenvalue weighted by atomic mass is 16.2. The minimum absolute atomic E-state index is 0.0694. The van der Waals surface area contributed by atoms with Crippen molar-refractivity contribution < 1.29 is 4.79 Å². The van der Waals surface area contributed by atoms with Crippen LogP contribution in [0.5, 0.6) is 0 Å². The number of rotatable bonds is 6. The van der Waals surface area contributed by atoms with E-state index in [2.05, 4.69) is 34.0 Å². The van der Waals surface area contributed by atoms with Crippen LogP contribution in [0, 0.1) is 5.92 Å². The fourth-order valence-electron chi connectivity index (χ4n) is 3.01. The molecule has 1 N–H and O–H groups in total. The van der Waals surface area contributed by atoms with Crippen LogP contribution in [0.15, 0.2) is 42.7 Å². The normalized spacial score (nSPS) is 14.6. The number of hydrogen-bond donors (Lipinski definition) is 1. The fraction of sp³-hybridized carbons (Fsp3) is 0.450. The Morgan fingerprint density at radius 2 is 1.92 bits per heavy atom. The molecule has 0 spiro atoms. The van der Waals surface area contributed by atoms with Gasteiger partial charge in [0.15, 0.2) is 0 Å². The molecular weight excluding hydrogens is 326 g/mol. The van der Waals surface area contributed by atoms with Crippen LogP contribution < -0.4 is 10.2 Å². The van der Waals surface area contributed by atoms with Crippen LogP contribution in [0.2, 0.25) is 0 Å². The second-order valence-electron chi connectivity index (χ2n) is 7.01. The Balaban J connectivity index is 1.56. The number of nitrogens with one attached hydrogen (secondary N) is 1. The molecule has 0 bridgehead atoms. The maximum absolute atomic E-state index is 12.8. The number of piperazine rings is 1. The van der Waals surface area contributed by atoms with E-state index in [1.54, 1.807) is 18.5 Å². The highest BCUT2D eigenvalue weighted by Crippen LogP contribution is 2.16. The first kappa shape index (κ1) is 18.2. The Morgan fingerprint density at radius 3 is 2.62 bits per heavy atom. The maximum atomic E-state index is 12.8. The van der Waals surface area contributed by atoms with E-state index in [1.165, 1.54) is 0 Å². The molecular formula is C20H27N5O. The third kappa shape index (κ3) is 4.71. The van der Waals surface area contributed by atoms with Gasteiger partial charge < -0.3 is 15.1 Å². The fourth-order valence-corrected chi connectivity index (χ4v) is 3.01. The third-order valence-electron chi connectivity index (χ3n) is 4.57. The zero-order valence-electron chi connectivity index (χ0n) is 15.6. The van der Waals surface area contributed by atoms with Crippen molar-refractivity contribution in [1.29, 1.82) is 0 Å². The van der Waals surface area contributed by atoms with E-state index in [9.17, 15) is 4.79 Å². The predicted octanol–water partition coefficient (Wildman–Crippen LogP) is 2.90. The van der Waals surface area contributed by atoms with E-state index in [1.807, 2.05) is 29.2 Å². The molecule has 0 atom stereocenters. The molecule has 1 saturated heterocycles. The lowest BCUT2D eigenvalue weighted by Gasteiger charge is -2.35. The standard InChI is InChI=1S/C20H27N5O/c1-16(2)6-9-21-18-15-17(7-10-22-18)20(26)25-13-11-24(12-14-25)19-5-3-4-8-23-19/h3-5,7-8,10,15-16H,6,9,11-14H2,1-2H3,(H,21,22). The van der Waals surface area contributed by atoms with Crippen LogP contribution in [-0.4, -0.2) is 53.5 Å². The van der Waals surface area contributed by atoms with Gasteiger partial charge in [0.1, 0.15) is 11.6 Å². The monoisotopic (exact) mass is 353 g/mol. The Kier molecular flexibility index (Phi) is 6.04. The minimum atomic E-state index is 0.0694. The first-order valence-corrected chi connectivity index (χ1v) is 9.28. The number of carbonyl (C=O) groups excluding carboxylic acids is 1. The van der Waals surface area contributed by atoms with Gasteiger partial charge >= 0.3 is 0 Å². The van der Waals surface area contributed by atoms with Gasteiger partial charge in [-0.25, -0.2) is 9.97 Å². The summed E-state index contributed by atoms with van der Waals surface area (Å²) in [6.45, 7) is 8.26. The summed E-state index contributed by atoms with van der Waals surface area (Å²) in [5, 5.41) is 3.30. The van der Waals surface area contributed by atoms with E-state index in [-0.39, 0.29) is 5.91 Å². The molecule has 0 aliphatic carbocycles. The van der Waals surface area contributed by atoms with Crippen molar-refractivity contribution in [3.05, 3.63) is 48.3 Å². The van der Waals surface area contributed by atoms with E-state index in [0.717, 1.165) is 37.7 Å². The highest BCUT2D eigenvalue weighted by Gasteiger charge is 2.23. The summed E-state index contributed by atoms with van der Waals surface area (Å²) in [5.41, 5.74) is 0.693. The largest absolute Gasteiger partial charge is 0.370 e. The molecule has 0 aromatic carbocycles. The van der Waals surface area contributed by atoms with Gasteiger partial charge in [0.25, 0.3) is 5.91 Å². The van der Waals surface area contributed by atoms with Crippen LogP contribution >= 0.6 is 0 Å². The molecule has 0 saturated carbocycles. The number of anilines is 2. The first-order valence-electron chi connectivity index (χ1n) is 9.28. The van der Waals surface area contributed by atoms with Gasteiger partial charge in [-0.05, 0) is 36.6 Å². The second kappa shape index (κ2) is 8.65. The number of carbonyl (C=O) groups is 1. The molecule has 0 unspecified atom stereocenters. The van der Waals surface area contributed by atoms with Gasteiger partial charge in [0, 0.05) is 50.7 Å². The molecule has 6 nitrogen and oxygen atoms in total. The molecule has 1 aliphatic rings. The van der Waals surface area contributed by atoms with Crippen LogP contribution in [0.25, 0.3) is 0 Å². The molecule has 138 valence electrons. The summed E-state index contributed by atoms with van der Waals surface area (Å²) in [6, 6.07) is 9.56. The van der Waals surface area contributed by atoms with Crippen molar-refractivity contribution in [2.24, 2.45) is 5.92 Å². The van der Waals surface area contributed by atoms with Crippen molar-refractivity contribution in [3.63, 3.8) is 0 Å². The van der Waals surface area contributed by atoms with Crippen LogP contribution in [-0.2, 0) is 0 Å². The van der Waals surface area contributed by atoms with E-state index < -0.39 is 0 Å². The van der Waals surface area contributed by atoms with E-state index >= 15 is 0 Å². The molecule has 26 heavy (non-hydrogen) atoms. The zero-order chi connectivity index (χ0) is 18.4. The lowest BCUT2D eigenvalue weighted by molar-refractivity contribution is 0.0746. The lowest BCUT2D eigenvalue weighted by atomic mass is 10.1. The van der Waals surface area contributed by atoms with Gasteiger partial charge in [-0.1, -0.05) is 19.9 Å². The Labute approximate surface area is 155 Å². The van der Waals surface area contributed by atoms with Crippen LogP contribution in [0.1, 0.15) is 30.6 Å². The number of hydrogen-bond acceptors (Lipinski definition) is 5. The smallest absolute Gasteiger partial charge is 0.254 e. The van der Waals surface area contributed by atoms with Crippen LogP contribution in [0.3, 0.4) is 0 Å². The Hall–Kier alpha value is -2.63. The molecule has 2 aromatic rings. The average molecular weight is 353 g/mol. The Bertz CT molecular complexity index is 711. The van der Waals surface area contributed by atoms with Gasteiger partial charge in [-0.3, -0.25) is 4.79 Å². The van der Waals surface area contributed by atoms with Crippen molar-refractivity contribution >= 4 is 17.5 Å². The quantitative estimate of drug-likeness (QED) is 0.865. The average Bonchev–Trinajstić information content (AvgIpc) is 2.68. The molecule has 3 rings (SSSR count). The zero-order valence-corrected chi connectivity index (χ0v) is 15.6. The molecule has 1 aliphatic heterocycles. The van der Waals surface area contributed by atoms with Crippen molar-refractivity contribution in [2.45, 2.75) is 20.3 Å². The van der Waals surface area contributed by atoms with Gasteiger partial charge in [-0.15, -0.1) is 0 Å². The molecule has 1 amide bonds. The third-order valence-corrected chi connectivity index (χ3v) is 4.57. The molecule has 6 heteroatoms. The van der Waals surface area contributed by atoms with Crippen molar-refractivity contribution in [2.75, 3.05) is 42.9 Å². The predicted molar refractivity (Wildman–Crippen MR) is 105 cm³/mol. The summed E-state index contributed by atoms with van der Waals surface area (Å²) in [5.74, 6) is 2.45. The number of nitrogens with zero attached hydrogens (tertiary/aromatic N) is 4. The number of amides is 1. The van der Waals surface area contributed by atoms with Crippen LogP contribution in [0.4, 0.5) is 11.6 Å². The summed E-state index contributed by atoms with van der Waals surface area (Å²) >= 11 is 0. The van der Waals surface area contributed by atoms with Crippen molar-refractivity contribution in [1.82, 2.24) is 14.9 Å². The number of pyridine rings is 2. The summed E-state index contributed by atoms with van der Waals surface area (Å²) in [7, 11) is 0. The van der Waals surface area contributed by atoms with E-state index in [4.69, 9.17) is 0 Å². The van der Waals surface area contributed by atoms with Gasteiger partial charge in [0.05, 0.1) is 0 Å². The number of aromatic nitrogens is 2. The SMILES string of the molecule is CC(C)CCNc1cc(C(=O)N2CCN(c3ccccn3)CC2)ccn1. The second-order valence-corrected chi connectivity index (χ2v) is 7.01. The van der Waals surface area contributed by atoms with E-state index in [0.29, 0.717) is 24.6 Å². The van der Waals surface area contributed by atoms with Gasteiger partial charge in [0.2, 0.25) is 0 Å². The topological polar surface area (TPSA) is 61.4 Å². The molecule has 2 aromatic heterocycles. The maximum Gasteiger partial charge on any atom is 0.254 e. The molecule has 1 fully saturated rings. The minimum Gasteiger partial charge on any atom is -0.370 e. The molecule has 0 radical (unpaired) electrons. The highest BCUT2D eigenvalue weighted by molar-refractivity contribution is 5.95. The van der Waals surface area contributed by atoms with Gasteiger partial charge in [-0.2, -0.15) is 0 Å². The summed E-state index contributed by atoms with van der Waals surface area (Å²) in [6.07, 6.45) is 4.59. The first-order chi connectivity index (χ1) is 12.6. The summed E-state index contributed by atoms with van der Waals surface area (Å²) < 4.78 is 0. The van der Waals surface area contributed by atoms with Crippen molar-refractivity contribution in [3.8, 4) is 0 Å². The summed E-state index contributed by atoms with van der Waals surface area (Å²) in [4.78, 5) is 25.6. The molecule has 3 heterocycles. The lowest BCUT2D eigenvalue weighted by Crippen LogP contribution is -2.49.